The molecule has 4 atom stereocenters. The Balaban J connectivity index is 0.000000842. The van der Waals surface area contributed by atoms with Gasteiger partial charge >= 0.3 is 33.0 Å². The molecular weight excluding hydrogens is 657 g/mol. The first-order valence-electron chi connectivity index (χ1n) is 15.1. The summed E-state index contributed by atoms with van der Waals surface area (Å²) in [4.78, 5) is 21.9. The number of phenolic OH excluding ortho intramolecular Hbond substituents is 2. The van der Waals surface area contributed by atoms with Crippen LogP contribution in [0, 0.1) is 0 Å². The van der Waals surface area contributed by atoms with E-state index in [1.165, 1.54) is 0 Å². The average Bonchev–Trinajstić information content (AvgIpc) is 2.83. The molecule has 0 amide bonds. The number of hydrogen-bond acceptors (Lipinski definition) is 8. The second kappa shape index (κ2) is 16.6. The Labute approximate surface area is 283 Å². The SMILES string of the molecule is CCC(O[P+](=O)[O-])c1cc(C(C)(C)C)c(O)c(C(C)(C)C)c1.CCC(O[P+](=O)[O-])c1cc(C(C)(C)C)c(O)c(C(C)(C)C)c1.[Ni+2]. The van der Waals surface area contributed by atoms with Crippen LogP contribution < -0.4 is 9.79 Å². The average molecular weight is 711 g/mol. The Bertz CT molecular complexity index is 1140. The Hall–Kier alpha value is -1.43. The van der Waals surface area contributed by atoms with E-state index >= 15 is 0 Å². The molecule has 2 rings (SSSR count). The molecule has 2 aromatic rings. The summed E-state index contributed by atoms with van der Waals surface area (Å²) in [7, 11) is -5.83. The van der Waals surface area contributed by atoms with Gasteiger partial charge in [-0.25, -0.2) is 0 Å². The molecule has 2 aromatic carbocycles. The molecule has 0 saturated heterocycles. The van der Waals surface area contributed by atoms with Gasteiger partial charge in [0.15, 0.2) is 0 Å². The third-order valence-electron chi connectivity index (χ3n) is 7.41. The number of aromatic hydroxyl groups is 2. The van der Waals surface area contributed by atoms with Crippen molar-refractivity contribution < 1.29 is 54.7 Å². The maximum Gasteiger partial charge on any atom is 2.00 e. The Morgan fingerprint density at radius 3 is 0.911 bits per heavy atom. The maximum atomic E-state index is 10.9. The number of hydrogen-bond donors (Lipinski definition) is 2. The van der Waals surface area contributed by atoms with Crippen LogP contribution in [0.2, 0.25) is 0 Å². The minimum Gasteiger partial charge on any atom is -0.566 e. The first-order chi connectivity index (χ1) is 19.7. The minimum absolute atomic E-state index is 0. The number of benzene rings is 2. The van der Waals surface area contributed by atoms with E-state index < -0.39 is 28.7 Å². The molecule has 2 N–H and O–H groups in total. The van der Waals surface area contributed by atoms with Gasteiger partial charge < -0.3 is 20.0 Å². The standard InChI is InChI=1S/2C17H27O4P.Ni/c2*1-8-14(21-22(19)20)11-9-12(16(2,3)4)15(18)13(10-11)17(5,6)7;/h2*9-10,14,18H,8H2,1-7H3;/q;;+2. The van der Waals surface area contributed by atoms with Gasteiger partial charge in [0.2, 0.25) is 0 Å². The third kappa shape index (κ3) is 12.6. The van der Waals surface area contributed by atoms with Crippen molar-refractivity contribution in [1.29, 1.82) is 0 Å². The van der Waals surface area contributed by atoms with Crippen molar-refractivity contribution in [1.82, 2.24) is 0 Å². The molecule has 0 saturated carbocycles. The van der Waals surface area contributed by atoms with Crippen molar-refractivity contribution in [2.24, 2.45) is 0 Å². The van der Waals surface area contributed by atoms with Gasteiger partial charge in [-0.2, -0.15) is 0 Å². The summed E-state index contributed by atoms with van der Waals surface area (Å²) in [6.07, 6.45) is 0.0375. The minimum atomic E-state index is -2.91. The summed E-state index contributed by atoms with van der Waals surface area (Å²) < 4.78 is 31.9. The van der Waals surface area contributed by atoms with Crippen molar-refractivity contribution >= 4 is 16.5 Å². The van der Waals surface area contributed by atoms with Gasteiger partial charge in [-0.3, -0.25) is 0 Å². The molecular formula is C34H54NiO8P2+2. The molecule has 4 unspecified atom stereocenters. The predicted octanol–water partition coefficient (Wildman–Crippen LogP) is 8.94. The first kappa shape index (κ1) is 43.6. The molecule has 11 heteroatoms. The molecule has 0 bridgehead atoms. The second-order valence-electron chi connectivity index (χ2n) is 15.4. The van der Waals surface area contributed by atoms with Crippen LogP contribution in [-0.4, -0.2) is 10.2 Å². The van der Waals surface area contributed by atoms with Crippen molar-refractivity contribution in [2.75, 3.05) is 0 Å². The molecule has 0 spiro atoms. The molecule has 0 aliphatic carbocycles. The van der Waals surface area contributed by atoms with Gasteiger partial charge in [0.1, 0.15) is 23.7 Å². The largest absolute Gasteiger partial charge is 2.00 e. The Kier molecular flexibility index (Phi) is 16.1. The molecule has 0 radical (unpaired) electrons. The fourth-order valence-corrected chi connectivity index (χ4v) is 5.88. The third-order valence-corrected chi connectivity index (χ3v) is 8.26. The van der Waals surface area contributed by atoms with Crippen LogP contribution >= 0.6 is 16.5 Å². The van der Waals surface area contributed by atoms with Crippen LogP contribution in [-0.2, 0) is 56.3 Å². The normalized spacial score (nSPS) is 14.5. The van der Waals surface area contributed by atoms with E-state index in [1.807, 2.05) is 121 Å². The molecule has 8 nitrogen and oxygen atoms in total. The summed E-state index contributed by atoms with van der Waals surface area (Å²) in [6.45, 7) is 28.0. The number of phenols is 2. The fourth-order valence-electron chi connectivity index (χ4n) is 4.92. The molecule has 0 aliphatic heterocycles. The van der Waals surface area contributed by atoms with E-state index in [9.17, 15) is 29.1 Å². The van der Waals surface area contributed by atoms with E-state index in [4.69, 9.17) is 9.05 Å². The molecule has 45 heavy (non-hydrogen) atoms. The van der Waals surface area contributed by atoms with Crippen LogP contribution in [0.5, 0.6) is 11.5 Å². The van der Waals surface area contributed by atoms with E-state index in [2.05, 4.69) is 0 Å². The van der Waals surface area contributed by atoms with Gasteiger partial charge in [0.25, 0.3) is 0 Å². The predicted molar refractivity (Wildman–Crippen MR) is 174 cm³/mol. The molecule has 0 heterocycles. The maximum absolute atomic E-state index is 10.9. The monoisotopic (exact) mass is 710 g/mol. The Morgan fingerprint density at radius 1 is 0.578 bits per heavy atom. The molecule has 0 aliphatic rings. The topological polar surface area (TPSA) is 139 Å². The number of rotatable bonds is 8. The fraction of sp³-hybridized carbons (Fsp3) is 0.647. The molecule has 256 valence electrons. The second-order valence-corrected chi connectivity index (χ2v) is 16.7. The molecule has 0 aromatic heterocycles. The van der Waals surface area contributed by atoms with E-state index in [0.29, 0.717) is 12.8 Å². The van der Waals surface area contributed by atoms with Crippen molar-refractivity contribution in [3.63, 3.8) is 0 Å². The van der Waals surface area contributed by atoms with Gasteiger partial charge in [0.05, 0.1) is 0 Å². The van der Waals surface area contributed by atoms with Crippen LogP contribution in [0.4, 0.5) is 0 Å². The smallest absolute Gasteiger partial charge is 0.566 e. The van der Waals surface area contributed by atoms with E-state index in [0.717, 1.165) is 33.4 Å². The summed E-state index contributed by atoms with van der Waals surface area (Å²) in [5.74, 6) is 0.565. The Morgan fingerprint density at radius 2 is 0.778 bits per heavy atom. The van der Waals surface area contributed by atoms with Crippen molar-refractivity contribution in [3.05, 3.63) is 57.6 Å². The zero-order chi connectivity index (χ0) is 34.6. The van der Waals surface area contributed by atoms with Crippen LogP contribution in [0.25, 0.3) is 0 Å². The van der Waals surface area contributed by atoms with Gasteiger partial charge in [-0.05, 0) is 101 Å². The van der Waals surface area contributed by atoms with Crippen molar-refractivity contribution in [3.8, 4) is 11.5 Å². The van der Waals surface area contributed by atoms with E-state index in [-0.39, 0.29) is 49.7 Å². The van der Waals surface area contributed by atoms with Crippen LogP contribution in [0.1, 0.15) is 155 Å². The van der Waals surface area contributed by atoms with Crippen molar-refractivity contribution in [2.45, 2.75) is 144 Å². The zero-order valence-corrected chi connectivity index (χ0v) is 32.2. The summed E-state index contributed by atoms with van der Waals surface area (Å²) in [5, 5.41) is 21.3. The quantitative estimate of drug-likeness (QED) is 0.204. The zero-order valence-electron chi connectivity index (χ0n) is 29.4. The van der Waals surface area contributed by atoms with Gasteiger partial charge in [-0.1, -0.05) is 96.9 Å². The first-order valence-corrected chi connectivity index (χ1v) is 17.3. The van der Waals surface area contributed by atoms with Crippen LogP contribution in [0.3, 0.4) is 0 Å². The summed E-state index contributed by atoms with van der Waals surface area (Å²) >= 11 is 0. The summed E-state index contributed by atoms with van der Waals surface area (Å²) in [6, 6.07) is 7.43. The van der Waals surface area contributed by atoms with Gasteiger partial charge in [-0.15, -0.1) is 9.05 Å². The summed E-state index contributed by atoms with van der Waals surface area (Å²) in [5.41, 5.74) is 3.78. The van der Waals surface area contributed by atoms with E-state index in [1.54, 1.807) is 0 Å². The molecule has 0 fully saturated rings. The van der Waals surface area contributed by atoms with Crippen LogP contribution in [0.15, 0.2) is 24.3 Å². The van der Waals surface area contributed by atoms with Gasteiger partial charge in [0, 0.05) is 0 Å².